The molecule has 0 fully saturated rings. The summed E-state index contributed by atoms with van der Waals surface area (Å²) in [6.45, 7) is 5.20. The van der Waals surface area contributed by atoms with E-state index in [0.717, 1.165) is 33.7 Å². The van der Waals surface area contributed by atoms with E-state index in [0.29, 0.717) is 16.4 Å². The van der Waals surface area contributed by atoms with Crippen LogP contribution in [-0.4, -0.2) is 26.3 Å². The first-order valence-corrected chi connectivity index (χ1v) is 11.4. The number of benzene rings is 2. The van der Waals surface area contributed by atoms with Crippen molar-refractivity contribution >= 4 is 38.9 Å². The number of ether oxygens (including phenoxy) is 2. The van der Waals surface area contributed by atoms with E-state index in [1.165, 1.54) is 28.5 Å². The largest absolute Gasteiger partial charge is 0.454 e. The Kier molecular flexibility index (Phi) is 5.23. The lowest BCUT2D eigenvalue weighted by atomic mass is 10.0. The first-order chi connectivity index (χ1) is 15.0. The lowest BCUT2D eigenvalue weighted by molar-refractivity contribution is 0.174. The summed E-state index contributed by atoms with van der Waals surface area (Å²) in [4.78, 5) is 13.2. The molecule has 0 amide bonds. The van der Waals surface area contributed by atoms with Crippen molar-refractivity contribution in [2.45, 2.75) is 36.9 Å². The van der Waals surface area contributed by atoms with Crippen LogP contribution in [0.15, 0.2) is 51.2 Å². The van der Waals surface area contributed by atoms with Gasteiger partial charge in [0.15, 0.2) is 27.8 Å². The van der Waals surface area contributed by atoms with E-state index < -0.39 is 0 Å². The Morgan fingerprint density at radius 3 is 2.84 bits per heavy atom. The molecule has 0 spiro atoms. The van der Waals surface area contributed by atoms with E-state index in [-0.39, 0.29) is 12.3 Å². The molecule has 2 aromatic heterocycles. The summed E-state index contributed by atoms with van der Waals surface area (Å²) in [5.41, 5.74) is 5.38. The first kappa shape index (κ1) is 20.1. The summed E-state index contributed by atoms with van der Waals surface area (Å²) in [5.74, 6) is 1.44. The highest BCUT2D eigenvalue weighted by molar-refractivity contribution is 9.10. The molecule has 9 heteroatoms. The highest BCUT2D eigenvalue weighted by atomic mass is 79.9. The van der Waals surface area contributed by atoms with Gasteiger partial charge in [0, 0.05) is 15.9 Å². The van der Waals surface area contributed by atoms with E-state index in [9.17, 15) is 0 Å². The van der Waals surface area contributed by atoms with Crippen LogP contribution in [0.3, 0.4) is 0 Å². The number of rotatable bonds is 5. The molecule has 0 unspecified atom stereocenters. The van der Waals surface area contributed by atoms with Crippen LogP contribution in [-0.2, 0) is 13.0 Å². The summed E-state index contributed by atoms with van der Waals surface area (Å²) in [6.07, 6.45) is 2.57. The van der Waals surface area contributed by atoms with Gasteiger partial charge in [-0.1, -0.05) is 35.5 Å². The zero-order valence-corrected chi connectivity index (χ0v) is 19.4. The van der Waals surface area contributed by atoms with Crippen LogP contribution in [0.5, 0.6) is 11.5 Å². The third kappa shape index (κ3) is 3.95. The van der Waals surface area contributed by atoms with E-state index in [2.05, 4.69) is 57.9 Å². The average molecular weight is 498 g/mol. The van der Waals surface area contributed by atoms with Gasteiger partial charge in [0.2, 0.25) is 6.79 Å². The lowest BCUT2D eigenvalue weighted by Crippen LogP contribution is -2.13. The van der Waals surface area contributed by atoms with Gasteiger partial charge in [-0.2, -0.15) is 0 Å². The molecule has 0 aliphatic carbocycles. The summed E-state index contributed by atoms with van der Waals surface area (Å²) in [5, 5.41) is 8.90. The molecule has 3 heterocycles. The molecule has 1 aliphatic heterocycles. The second-order valence-corrected chi connectivity index (χ2v) is 9.33. The van der Waals surface area contributed by atoms with Gasteiger partial charge in [0.25, 0.3) is 0 Å². The standard InChI is InChI=1S/C22H20BrN5O2S/c1-12-3-4-13(2)14(7-12)5-6-28-10-25-20(24)19-21(28)27-22(26-19)31-18-9-17-16(8-15(18)23)29-11-30-17/h3-4,7-10,24H,5-6,11H2,1-2H3,(H,26,27). The normalized spacial score (nSPS) is 12.6. The number of H-pyrrole nitrogens is 1. The van der Waals surface area contributed by atoms with Crippen LogP contribution in [0.25, 0.3) is 11.2 Å². The molecular formula is C22H20BrN5O2S. The van der Waals surface area contributed by atoms with Crippen molar-refractivity contribution in [3.05, 3.63) is 63.3 Å². The highest BCUT2D eigenvalue weighted by Gasteiger charge is 2.18. The van der Waals surface area contributed by atoms with Gasteiger partial charge in [-0.05, 0) is 59.5 Å². The quantitative estimate of drug-likeness (QED) is 0.415. The van der Waals surface area contributed by atoms with Gasteiger partial charge in [-0.25, -0.2) is 9.97 Å². The van der Waals surface area contributed by atoms with Gasteiger partial charge < -0.3 is 19.0 Å². The van der Waals surface area contributed by atoms with Gasteiger partial charge in [-0.3, -0.25) is 5.41 Å². The molecular weight excluding hydrogens is 478 g/mol. The number of aryl methyl sites for hydroxylation is 4. The molecule has 2 N–H and O–H groups in total. The van der Waals surface area contributed by atoms with Crippen LogP contribution in [0.2, 0.25) is 0 Å². The van der Waals surface area contributed by atoms with Crippen LogP contribution < -0.4 is 15.0 Å². The molecule has 7 nitrogen and oxygen atoms in total. The molecule has 2 aromatic carbocycles. The third-order valence-electron chi connectivity index (χ3n) is 5.26. The predicted molar refractivity (Wildman–Crippen MR) is 122 cm³/mol. The Morgan fingerprint density at radius 2 is 2.00 bits per heavy atom. The average Bonchev–Trinajstić information content (AvgIpc) is 3.37. The van der Waals surface area contributed by atoms with E-state index in [1.807, 2.05) is 16.7 Å². The van der Waals surface area contributed by atoms with Crippen molar-refractivity contribution in [1.82, 2.24) is 19.5 Å². The number of fused-ring (bicyclic) bond motifs is 2. The zero-order chi connectivity index (χ0) is 21.5. The van der Waals surface area contributed by atoms with Crippen molar-refractivity contribution in [3.63, 3.8) is 0 Å². The van der Waals surface area contributed by atoms with Crippen LogP contribution >= 0.6 is 27.7 Å². The third-order valence-corrected chi connectivity index (χ3v) is 7.12. The fourth-order valence-electron chi connectivity index (χ4n) is 3.57. The number of hydrogen-bond acceptors (Lipinski definition) is 6. The minimum absolute atomic E-state index is 0.182. The molecule has 0 saturated heterocycles. The molecule has 0 bridgehead atoms. The van der Waals surface area contributed by atoms with Crippen molar-refractivity contribution in [3.8, 4) is 11.5 Å². The van der Waals surface area contributed by atoms with Crippen molar-refractivity contribution in [2.75, 3.05) is 6.79 Å². The minimum Gasteiger partial charge on any atom is -0.454 e. The molecule has 0 radical (unpaired) electrons. The number of aromatic nitrogens is 4. The molecule has 158 valence electrons. The Morgan fingerprint density at radius 1 is 1.19 bits per heavy atom. The van der Waals surface area contributed by atoms with E-state index >= 15 is 0 Å². The zero-order valence-electron chi connectivity index (χ0n) is 17.0. The summed E-state index contributed by atoms with van der Waals surface area (Å²) in [7, 11) is 0. The van der Waals surface area contributed by atoms with E-state index in [4.69, 9.17) is 19.9 Å². The Labute approximate surface area is 191 Å². The van der Waals surface area contributed by atoms with Gasteiger partial charge in [-0.15, -0.1) is 0 Å². The Bertz CT molecular complexity index is 1360. The summed E-state index contributed by atoms with van der Waals surface area (Å²) >= 11 is 5.06. The van der Waals surface area contributed by atoms with E-state index in [1.54, 1.807) is 6.33 Å². The molecule has 0 saturated carbocycles. The maximum Gasteiger partial charge on any atom is 0.231 e. The van der Waals surface area contributed by atoms with Crippen LogP contribution in [0.1, 0.15) is 16.7 Å². The first-order valence-electron chi connectivity index (χ1n) is 9.81. The highest BCUT2D eigenvalue weighted by Crippen LogP contribution is 2.42. The van der Waals surface area contributed by atoms with Gasteiger partial charge in [0.1, 0.15) is 5.52 Å². The number of nitrogens with zero attached hydrogens (tertiary/aromatic N) is 3. The number of hydrogen-bond donors (Lipinski definition) is 2. The van der Waals surface area contributed by atoms with Crippen LogP contribution in [0, 0.1) is 19.3 Å². The molecule has 5 rings (SSSR count). The van der Waals surface area contributed by atoms with Crippen molar-refractivity contribution < 1.29 is 9.47 Å². The van der Waals surface area contributed by atoms with Crippen molar-refractivity contribution in [1.29, 1.82) is 5.41 Å². The molecule has 0 atom stereocenters. The molecule has 1 aliphatic rings. The summed E-state index contributed by atoms with van der Waals surface area (Å²) < 4.78 is 13.8. The lowest BCUT2D eigenvalue weighted by Gasteiger charge is -2.10. The van der Waals surface area contributed by atoms with Gasteiger partial charge >= 0.3 is 0 Å². The second kappa shape index (κ2) is 8.05. The SMILES string of the molecule is Cc1ccc(C)c(CCn2cnc(=N)c3[nH]c(Sc4cc5c(cc4Br)OCO5)nc32)c1. The number of aromatic amines is 1. The Balaban J connectivity index is 1.45. The van der Waals surface area contributed by atoms with Crippen molar-refractivity contribution in [2.24, 2.45) is 0 Å². The molecule has 31 heavy (non-hydrogen) atoms. The van der Waals surface area contributed by atoms with Gasteiger partial charge in [0.05, 0.1) is 6.33 Å². The fraction of sp³-hybridized carbons (Fsp3) is 0.227. The number of halogens is 1. The molecule has 4 aromatic rings. The topological polar surface area (TPSA) is 88.8 Å². The van der Waals surface area contributed by atoms with Crippen LogP contribution in [0.4, 0.5) is 0 Å². The number of imidazole rings is 1. The smallest absolute Gasteiger partial charge is 0.231 e. The Hall–Kier alpha value is -2.78. The second-order valence-electron chi connectivity index (χ2n) is 7.45. The fourth-order valence-corrected chi connectivity index (χ4v) is 4.95. The predicted octanol–water partition coefficient (Wildman–Crippen LogP) is 4.74. The minimum atomic E-state index is 0.182. The monoisotopic (exact) mass is 497 g/mol. The maximum atomic E-state index is 8.20. The maximum absolute atomic E-state index is 8.20. The summed E-state index contributed by atoms with van der Waals surface area (Å²) in [6, 6.07) is 10.3. The number of nitrogens with one attached hydrogen (secondary N) is 2.